The topological polar surface area (TPSA) is 79.1 Å². The minimum absolute atomic E-state index is 0.00858. The molecule has 4 aromatic rings. The molecule has 1 heterocycles. The van der Waals surface area contributed by atoms with Gasteiger partial charge in [0.1, 0.15) is 11.5 Å². The zero-order valence-electron chi connectivity index (χ0n) is 19.3. The zero-order chi connectivity index (χ0) is 23.7. The van der Waals surface area contributed by atoms with E-state index in [4.69, 9.17) is 15.0 Å². The second kappa shape index (κ2) is 8.87. The fourth-order valence-corrected chi connectivity index (χ4v) is 4.11. The minimum atomic E-state index is -0.0566. The van der Waals surface area contributed by atoms with Gasteiger partial charge in [-0.1, -0.05) is 40.5 Å². The van der Waals surface area contributed by atoms with Crippen molar-refractivity contribution in [3.05, 3.63) is 89.0 Å². The molecule has 1 aromatic heterocycles. The molecule has 166 valence electrons. The second-order valence-corrected chi connectivity index (χ2v) is 8.51. The Hall–Kier alpha value is -3.99. The maximum Gasteiger partial charge on any atom is 0.167 e. The molecule has 0 aliphatic carbocycles. The van der Waals surface area contributed by atoms with Crippen molar-refractivity contribution in [3.8, 4) is 45.7 Å². The summed E-state index contributed by atoms with van der Waals surface area (Å²) in [5.41, 5.74) is 7.03. The van der Waals surface area contributed by atoms with E-state index in [-0.39, 0.29) is 11.5 Å². The molecule has 2 N–H and O–H groups in total. The molecule has 0 fully saturated rings. The Morgan fingerprint density at radius 1 is 0.697 bits per heavy atom. The van der Waals surface area contributed by atoms with Crippen molar-refractivity contribution < 1.29 is 10.2 Å². The lowest BCUT2D eigenvalue weighted by molar-refractivity contribution is 0.442. The second-order valence-electron chi connectivity index (χ2n) is 8.51. The third-order valence-electron chi connectivity index (χ3n) is 5.44. The molecule has 5 heteroatoms. The number of hydrogen-bond donors (Lipinski definition) is 2. The van der Waals surface area contributed by atoms with Crippen LogP contribution in [0.15, 0.2) is 61.2 Å². The molecule has 0 spiro atoms. The summed E-state index contributed by atoms with van der Waals surface area (Å²) in [4.78, 5) is 14.3. The first-order valence-corrected chi connectivity index (χ1v) is 10.8. The van der Waals surface area contributed by atoms with Crippen LogP contribution >= 0.6 is 0 Å². The van der Waals surface area contributed by atoms with Gasteiger partial charge >= 0.3 is 0 Å². The molecule has 0 bridgehead atoms. The molecule has 3 aromatic carbocycles. The lowest BCUT2D eigenvalue weighted by atomic mass is 10.0. The fraction of sp³-hybridized carbons (Fsp3) is 0.179. The maximum atomic E-state index is 10.9. The van der Waals surface area contributed by atoms with Crippen LogP contribution in [0.4, 0.5) is 0 Å². The van der Waals surface area contributed by atoms with E-state index in [0.29, 0.717) is 35.0 Å². The summed E-state index contributed by atoms with van der Waals surface area (Å²) in [6.45, 7) is 11.9. The third-order valence-corrected chi connectivity index (χ3v) is 5.44. The molecule has 4 rings (SSSR count). The van der Waals surface area contributed by atoms with Gasteiger partial charge in [0.05, 0.1) is 5.56 Å². The third kappa shape index (κ3) is 4.62. The Kier molecular flexibility index (Phi) is 5.97. The Morgan fingerprint density at radius 3 is 1.61 bits per heavy atom. The van der Waals surface area contributed by atoms with E-state index in [1.165, 1.54) is 0 Å². The fourth-order valence-electron chi connectivity index (χ4n) is 4.11. The smallest absolute Gasteiger partial charge is 0.167 e. The highest BCUT2D eigenvalue weighted by Gasteiger charge is 2.18. The van der Waals surface area contributed by atoms with Crippen LogP contribution in [0.2, 0.25) is 0 Å². The van der Waals surface area contributed by atoms with Gasteiger partial charge in [-0.2, -0.15) is 0 Å². The largest absolute Gasteiger partial charge is 0.508 e. The quantitative estimate of drug-likeness (QED) is 0.361. The van der Waals surface area contributed by atoms with E-state index < -0.39 is 0 Å². The highest BCUT2D eigenvalue weighted by atomic mass is 16.3. The molecule has 5 nitrogen and oxygen atoms in total. The van der Waals surface area contributed by atoms with Crippen LogP contribution in [0.5, 0.6) is 11.5 Å². The number of aromatic nitrogens is 3. The molecule has 0 unspecified atom stereocenters. The molecule has 0 radical (unpaired) electrons. The predicted molar refractivity (Wildman–Crippen MR) is 132 cm³/mol. The number of rotatable bonds is 5. The highest BCUT2D eigenvalue weighted by Crippen LogP contribution is 2.37. The van der Waals surface area contributed by atoms with Crippen molar-refractivity contribution in [2.75, 3.05) is 0 Å². The van der Waals surface area contributed by atoms with Gasteiger partial charge in [-0.3, -0.25) is 0 Å². The zero-order valence-corrected chi connectivity index (χ0v) is 19.3. The van der Waals surface area contributed by atoms with E-state index in [9.17, 15) is 10.2 Å². The number of phenolic OH excluding ortho intramolecular Hbond substituents is 2. The minimum Gasteiger partial charge on any atom is -0.508 e. The first-order chi connectivity index (χ1) is 15.7. The van der Waals surface area contributed by atoms with Crippen molar-refractivity contribution in [2.24, 2.45) is 0 Å². The Labute approximate surface area is 194 Å². The first-order valence-electron chi connectivity index (χ1n) is 10.8. The Bertz CT molecular complexity index is 1270. The molecule has 0 amide bonds. The molecule has 0 aliphatic heterocycles. The van der Waals surface area contributed by atoms with Gasteiger partial charge in [-0.15, -0.1) is 6.58 Å². The average Bonchev–Trinajstić information content (AvgIpc) is 2.75. The van der Waals surface area contributed by atoms with Gasteiger partial charge in [0, 0.05) is 16.7 Å². The van der Waals surface area contributed by atoms with Gasteiger partial charge in [0.15, 0.2) is 17.5 Å². The monoisotopic (exact) mass is 437 g/mol. The van der Waals surface area contributed by atoms with Crippen LogP contribution in [0.1, 0.15) is 27.8 Å². The van der Waals surface area contributed by atoms with Gasteiger partial charge in [-0.05, 0) is 70.5 Å². The van der Waals surface area contributed by atoms with Crippen LogP contribution in [-0.2, 0) is 6.42 Å². The van der Waals surface area contributed by atoms with Crippen LogP contribution in [0.3, 0.4) is 0 Å². The summed E-state index contributed by atoms with van der Waals surface area (Å²) >= 11 is 0. The summed E-state index contributed by atoms with van der Waals surface area (Å²) in [7, 11) is 0. The Balaban J connectivity index is 2.00. The Morgan fingerprint density at radius 2 is 1.15 bits per heavy atom. The first kappa shape index (κ1) is 22.2. The summed E-state index contributed by atoms with van der Waals surface area (Å²) in [5, 5.41) is 21.2. The van der Waals surface area contributed by atoms with Gasteiger partial charge in [0.2, 0.25) is 0 Å². The van der Waals surface area contributed by atoms with E-state index in [2.05, 4.69) is 18.7 Å². The van der Waals surface area contributed by atoms with Crippen molar-refractivity contribution in [1.29, 1.82) is 0 Å². The maximum absolute atomic E-state index is 10.9. The van der Waals surface area contributed by atoms with Crippen molar-refractivity contribution in [3.63, 3.8) is 0 Å². The van der Waals surface area contributed by atoms with E-state index in [1.54, 1.807) is 18.2 Å². The lowest BCUT2D eigenvalue weighted by Crippen LogP contribution is -2.02. The normalized spacial score (nSPS) is 10.9. The highest BCUT2D eigenvalue weighted by molar-refractivity contribution is 5.73. The predicted octanol–water partition coefficient (Wildman–Crippen LogP) is 6.25. The molecule has 0 atom stereocenters. The molecule has 33 heavy (non-hydrogen) atoms. The average molecular weight is 438 g/mol. The number of allylic oxidation sites excluding steroid dienone is 1. The van der Waals surface area contributed by atoms with Crippen LogP contribution in [0, 0.1) is 27.7 Å². The molecule has 0 saturated heterocycles. The van der Waals surface area contributed by atoms with E-state index in [1.807, 2.05) is 52.0 Å². The van der Waals surface area contributed by atoms with E-state index >= 15 is 0 Å². The van der Waals surface area contributed by atoms with E-state index in [0.717, 1.165) is 33.4 Å². The van der Waals surface area contributed by atoms with Crippen molar-refractivity contribution in [1.82, 2.24) is 15.0 Å². The van der Waals surface area contributed by atoms with Gasteiger partial charge in [-0.25, -0.2) is 15.0 Å². The number of benzene rings is 3. The summed E-state index contributed by atoms with van der Waals surface area (Å²) in [6, 6.07) is 15.5. The van der Waals surface area contributed by atoms with Crippen LogP contribution < -0.4 is 0 Å². The summed E-state index contributed by atoms with van der Waals surface area (Å²) < 4.78 is 0. The summed E-state index contributed by atoms with van der Waals surface area (Å²) in [5.74, 6) is 1.35. The SMILES string of the molecule is C=CCc1c(O)ccc(-c2nc(-c3cc(C)cc(C)c3)nc(-c3cc(C)cc(C)c3)n2)c1O. The number of phenols is 2. The lowest BCUT2D eigenvalue weighted by Gasteiger charge is -2.13. The molecule has 0 aliphatic rings. The van der Waals surface area contributed by atoms with Crippen molar-refractivity contribution >= 4 is 0 Å². The number of hydrogen-bond acceptors (Lipinski definition) is 5. The van der Waals surface area contributed by atoms with Crippen molar-refractivity contribution in [2.45, 2.75) is 34.1 Å². The van der Waals surface area contributed by atoms with Crippen LogP contribution in [-0.4, -0.2) is 25.2 Å². The number of nitrogens with zero attached hydrogens (tertiary/aromatic N) is 3. The molecular formula is C28H27N3O2. The van der Waals surface area contributed by atoms with Gasteiger partial charge < -0.3 is 10.2 Å². The van der Waals surface area contributed by atoms with Gasteiger partial charge in [0.25, 0.3) is 0 Å². The molecular weight excluding hydrogens is 410 g/mol. The number of aromatic hydroxyl groups is 2. The molecule has 0 saturated carbocycles. The standard InChI is InChI=1S/C28H27N3O2/c1-6-7-22-24(32)9-8-23(25(22)33)28-30-26(20-12-16(2)10-17(3)13-20)29-27(31-28)21-14-18(4)11-19(5)15-21/h6,8-15,32-33H,1,7H2,2-5H3. The van der Waals surface area contributed by atoms with Crippen LogP contribution in [0.25, 0.3) is 34.2 Å². The summed E-state index contributed by atoms with van der Waals surface area (Å²) in [6.07, 6.45) is 1.96. The number of aryl methyl sites for hydroxylation is 4.